The molecule has 3 nitrogen and oxygen atoms in total. The second kappa shape index (κ2) is 4.64. The normalized spacial score (nSPS) is 17.5. The molecule has 0 unspecified atom stereocenters. The van der Waals surface area contributed by atoms with Gasteiger partial charge in [0.2, 0.25) is 0 Å². The predicted molar refractivity (Wildman–Crippen MR) is 59.2 cm³/mol. The van der Waals surface area contributed by atoms with Crippen LogP contribution >= 0.6 is 0 Å². The Morgan fingerprint density at radius 1 is 1.36 bits per heavy atom. The fraction of sp³-hybridized carbons (Fsp3) is 0.700. The van der Waals surface area contributed by atoms with Gasteiger partial charge in [0.15, 0.2) is 7.28 Å². The number of hydrogen-bond acceptors (Lipinski definition) is 2. The van der Waals surface area contributed by atoms with Crippen LogP contribution in [0.4, 0.5) is 0 Å². The molecule has 0 bridgehead atoms. The van der Waals surface area contributed by atoms with Crippen LogP contribution in [0.1, 0.15) is 12.8 Å². The maximum Gasteiger partial charge on any atom is 0.152 e. The molecular weight excluding hydrogens is 173 g/mol. The third-order valence-electron chi connectivity index (χ3n) is 2.83. The Balaban J connectivity index is 1.79. The summed E-state index contributed by atoms with van der Waals surface area (Å²) in [4.78, 5) is 2.51. The van der Waals surface area contributed by atoms with Crippen molar-refractivity contribution >= 4 is 12.7 Å². The van der Waals surface area contributed by atoms with E-state index in [-0.39, 0.29) is 0 Å². The lowest BCUT2D eigenvalue weighted by atomic mass is 9.75. The molecule has 1 aliphatic heterocycles. The summed E-state index contributed by atoms with van der Waals surface area (Å²) in [5, 5.41) is 4.31. The maximum atomic E-state index is 4.31. The molecule has 1 aromatic rings. The Bertz CT molecular complexity index is 279. The first-order chi connectivity index (χ1) is 6.88. The van der Waals surface area contributed by atoms with Crippen molar-refractivity contribution in [3.8, 4) is 0 Å². The van der Waals surface area contributed by atoms with E-state index in [0.717, 1.165) is 13.1 Å². The lowest BCUT2D eigenvalue weighted by molar-refractivity contribution is 0.316. The lowest BCUT2D eigenvalue weighted by Gasteiger charge is -2.13. The van der Waals surface area contributed by atoms with Gasteiger partial charge in [-0.1, -0.05) is 12.3 Å². The maximum absolute atomic E-state index is 4.31. The van der Waals surface area contributed by atoms with Gasteiger partial charge < -0.3 is 4.90 Å². The van der Waals surface area contributed by atoms with E-state index in [0.29, 0.717) is 0 Å². The molecule has 0 aliphatic carbocycles. The van der Waals surface area contributed by atoms with Gasteiger partial charge in [-0.25, -0.2) is 0 Å². The van der Waals surface area contributed by atoms with Crippen LogP contribution in [-0.2, 0) is 6.54 Å². The number of hydrogen-bond donors (Lipinski definition) is 0. The van der Waals surface area contributed by atoms with Crippen LogP contribution in [0.25, 0.3) is 0 Å². The molecule has 0 spiro atoms. The molecular formula is C10H17BN3. The molecule has 14 heavy (non-hydrogen) atoms. The minimum Gasteiger partial charge on any atom is -0.301 e. The summed E-state index contributed by atoms with van der Waals surface area (Å²) >= 11 is 0. The molecule has 0 saturated carbocycles. The van der Waals surface area contributed by atoms with Gasteiger partial charge in [0, 0.05) is 18.9 Å². The van der Waals surface area contributed by atoms with Crippen molar-refractivity contribution in [3.63, 3.8) is 0 Å². The van der Waals surface area contributed by atoms with Crippen molar-refractivity contribution in [3.05, 3.63) is 12.4 Å². The summed E-state index contributed by atoms with van der Waals surface area (Å²) in [5.74, 6) is 0. The van der Waals surface area contributed by atoms with Crippen molar-refractivity contribution in [2.75, 3.05) is 19.6 Å². The Morgan fingerprint density at radius 2 is 2.14 bits per heavy atom. The molecule has 2 heterocycles. The van der Waals surface area contributed by atoms with E-state index in [1.165, 1.54) is 31.4 Å². The summed E-state index contributed by atoms with van der Waals surface area (Å²) in [6, 6.07) is 0. The summed E-state index contributed by atoms with van der Waals surface area (Å²) in [7, 11) is 2.08. The minimum absolute atomic E-state index is 1.02. The zero-order valence-electron chi connectivity index (χ0n) is 8.82. The van der Waals surface area contributed by atoms with Crippen molar-refractivity contribution < 1.29 is 0 Å². The van der Waals surface area contributed by atoms with Crippen LogP contribution in [0, 0.1) is 0 Å². The lowest BCUT2D eigenvalue weighted by Crippen LogP contribution is -2.24. The second-order valence-electron chi connectivity index (χ2n) is 3.87. The Morgan fingerprint density at radius 3 is 2.79 bits per heavy atom. The van der Waals surface area contributed by atoms with Gasteiger partial charge >= 0.3 is 0 Å². The predicted octanol–water partition coefficient (Wildman–Crippen LogP) is 0.356. The van der Waals surface area contributed by atoms with E-state index in [4.69, 9.17) is 0 Å². The third kappa shape index (κ3) is 2.38. The standard InChI is InChI=1S/C10H17BN3/c1-11-10-8-12-14(9-10)7-6-13-4-2-3-5-13/h8-9H,2-7H2,1H3. The average molecular weight is 190 g/mol. The molecule has 1 aromatic heterocycles. The summed E-state index contributed by atoms with van der Waals surface area (Å²) < 4.78 is 2.04. The zero-order chi connectivity index (χ0) is 9.80. The quantitative estimate of drug-likeness (QED) is 0.639. The molecule has 4 heteroatoms. The van der Waals surface area contributed by atoms with E-state index in [9.17, 15) is 0 Å². The molecule has 1 aliphatic rings. The zero-order valence-corrected chi connectivity index (χ0v) is 8.82. The Labute approximate surface area is 86.3 Å². The summed E-state index contributed by atoms with van der Waals surface area (Å²) in [6.45, 7) is 6.75. The largest absolute Gasteiger partial charge is 0.301 e. The number of nitrogens with zero attached hydrogens (tertiary/aromatic N) is 3. The number of likely N-dealkylation sites (tertiary alicyclic amines) is 1. The van der Waals surface area contributed by atoms with Gasteiger partial charge in [0.1, 0.15) is 0 Å². The van der Waals surface area contributed by atoms with Crippen LogP contribution < -0.4 is 5.46 Å². The fourth-order valence-corrected chi connectivity index (χ4v) is 1.90. The van der Waals surface area contributed by atoms with Crippen LogP contribution in [0.2, 0.25) is 6.82 Å². The molecule has 1 fully saturated rings. The van der Waals surface area contributed by atoms with Crippen molar-refractivity contribution in [2.24, 2.45) is 0 Å². The first-order valence-corrected chi connectivity index (χ1v) is 5.42. The summed E-state index contributed by atoms with van der Waals surface area (Å²) in [5.41, 5.74) is 1.21. The minimum atomic E-state index is 1.02. The van der Waals surface area contributed by atoms with E-state index < -0.39 is 0 Å². The molecule has 0 amide bonds. The van der Waals surface area contributed by atoms with E-state index >= 15 is 0 Å². The highest BCUT2D eigenvalue weighted by atomic mass is 15.3. The fourth-order valence-electron chi connectivity index (χ4n) is 1.90. The van der Waals surface area contributed by atoms with Gasteiger partial charge in [-0.3, -0.25) is 4.68 Å². The van der Waals surface area contributed by atoms with Crippen LogP contribution in [0.5, 0.6) is 0 Å². The smallest absolute Gasteiger partial charge is 0.152 e. The second-order valence-corrected chi connectivity index (χ2v) is 3.87. The number of rotatable bonds is 4. The molecule has 0 aromatic carbocycles. The van der Waals surface area contributed by atoms with Gasteiger partial charge in [0.05, 0.1) is 6.54 Å². The van der Waals surface area contributed by atoms with Crippen molar-refractivity contribution in [1.82, 2.24) is 14.7 Å². The van der Waals surface area contributed by atoms with Gasteiger partial charge in [0.25, 0.3) is 0 Å². The molecule has 1 radical (unpaired) electrons. The molecule has 75 valence electrons. The molecule has 0 N–H and O–H groups in total. The van der Waals surface area contributed by atoms with E-state index in [2.05, 4.69) is 23.5 Å². The Hall–Kier alpha value is -0.765. The first-order valence-electron chi connectivity index (χ1n) is 5.42. The van der Waals surface area contributed by atoms with Crippen LogP contribution in [0.15, 0.2) is 12.4 Å². The van der Waals surface area contributed by atoms with Crippen molar-refractivity contribution in [1.29, 1.82) is 0 Å². The monoisotopic (exact) mass is 190 g/mol. The summed E-state index contributed by atoms with van der Waals surface area (Å²) in [6.07, 6.45) is 6.76. The van der Waals surface area contributed by atoms with Gasteiger partial charge in [-0.2, -0.15) is 5.10 Å². The third-order valence-corrected chi connectivity index (χ3v) is 2.83. The molecule has 1 saturated heterocycles. The average Bonchev–Trinajstić information content (AvgIpc) is 2.86. The highest BCUT2D eigenvalue weighted by Gasteiger charge is 2.10. The highest BCUT2D eigenvalue weighted by molar-refractivity contribution is 6.51. The number of aromatic nitrogens is 2. The van der Waals surface area contributed by atoms with E-state index in [1.807, 2.05) is 17.7 Å². The van der Waals surface area contributed by atoms with Crippen LogP contribution in [0.3, 0.4) is 0 Å². The molecule has 0 atom stereocenters. The van der Waals surface area contributed by atoms with E-state index in [1.54, 1.807) is 0 Å². The topological polar surface area (TPSA) is 21.1 Å². The SMILES string of the molecule is C[B]c1cnn(CCN2CCCC2)c1. The van der Waals surface area contributed by atoms with Gasteiger partial charge in [-0.15, -0.1) is 0 Å². The molecule has 2 rings (SSSR count). The first kappa shape index (κ1) is 9.78. The van der Waals surface area contributed by atoms with Crippen LogP contribution in [-0.4, -0.2) is 41.6 Å². The Kier molecular flexibility index (Phi) is 3.24. The van der Waals surface area contributed by atoms with Gasteiger partial charge in [-0.05, 0) is 25.9 Å². The van der Waals surface area contributed by atoms with Crippen molar-refractivity contribution in [2.45, 2.75) is 26.2 Å². The highest BCUT2D eigenvalue weighted by Crippen LogP contribution is 2.06.